The van der Waals surface area contributed by atoms with Gasteiger partial charge in [0.05, 0.1) is 13.2 Å². The van der Waals surface area contributed by atoms with Crippen molar-refractivity contribution in [1.82, 2.24) is 0 Å². The van der Waals surface area contributed by atoms with E-state index >= 15 is 0 Å². The minimum Gasteiger partial charge on any atom is -0.483 e. The molecule has 0 spiro atoms. The van der Waals surface area contributed by atoms with Crippen LogP contribution in [0.2, 0.25) is 0 Å². The zero-order valence-electron chi connectivity index (χ0n) is 16.2. The van der Waals surface area contributed by atoms with Crippen LogP contribution in [0.1, 0.15) is 0 Å². The lowest BCUT2D eigenvalue weighted by Gasteiger charge is -2.29. The number of anilines is 2. The first-order valence-electron chi connectivity index (χ1n) is 9.79. The van der Waals surface area contributed by atoms with Gasteiger partial charge in [-0.15, -0.1) is 0 Å². The predicted octanol–water partition coefficient (Wildman–Crippen LogP) is 4.21. The van der Waals surface area contributed by atoms with Crippen molar-refractivity contribution in [3.05, 3.63) is 78.9 Å². The first kappa shape index (κ1) is 19.0. The van der Waals surface area contributed by atoms with Crippen molar-refractivity contribution in [1.29, 1.82) is 0 Å². The summed E-state index contributed by atoms with van der Waals surface area (Å²) in [6.07, 6.45) is 0. The summed E-state index contributed by atoms with van der Waals surface area (Å²) in [5, 5.41) is 2.93. The number of morpholine rings is 1. The highest BCUT2D eigenvalue weighted by Crippen LogP contribution is 2.29. The lowest BCUT2D eigenvalue weighted by Crippen LogP contribution is -2.36. The molecule has 1 fully saturated rings. The minimum atomic E-state index is -0.188. The second-order valence-corrected chi connectivity index (χ2v) is 6.85. The van der Waals surface area contributed by atoms with Gasteiger partial charge in [-0.1, -0.05) is 54.6 Å². The van der Waals surface area contributed by atoms with Gasteiger partial charge in [0.2, 0.25) is 0 Å². The highest BCUT2D eigenvalue weighted by Gasteiger charge is 2.13. The lowest BCUT2D eigenvalue weighted by atomic mass is 10.1. The molecule has 148 valence electrons. The molecule has 1 N–H and O–H groups in total. The number of amides is 1. The van der Waals surface area contributed by atoms with E-state index < -0.39 is 0 Å². The van der Waals surface area contributed by atoms with Crippen molar-refractivity contribution in [2.24, 2.45) is 0 Å². The molecule has 1 aliphatic rings. The molecule has 0 aliphatic carbocycles. The van der Waals surface area contributed by atoms with Gasteiger partial charge in [-0.25, -0.2) is 0 Å². The smallest absolute Gasteiger partial charge is 0.262 e. The SMILES string of the molecule is O=C(COc1ccccc1-c1ccccc1)Nc1cccc(N2CCOCC2)c1. The van der Waals surface area contributed by atoms with Gasteiger partial charge in [-0.2, -0.15) is 0 Å². The maximum atomic E-state index is 12.5. The number of carbonyl (C=O) groups excluding carboxylic acids is 1. The lowest BCUT2D eigenvalue weighted by molar-refractivity contribution is -0.118. The van der Waals surface area contributed by atoms with Crippen molar-refractivity contribution in [3.8, 4) is 16.9 Å². The van der Waals surface area contributed by atoms with Crippen molar-refractivity contribution >= 4 is 17.3 Å². The fourth-order valence-corrected chi connectivity index (χ4v) is 3.39. The molecule has 5 heteroatoms. The Hall–Kier alpha value is -3.31. The van der Waals surface area contributed by atoms with Gasteiger partial charge in [0, 0.05) is 30.0 Å². The molecule has 1 aliphatic heterocycles. The van der Waals surface area contributed by atoms with Crippen LogP contribution < -0.4 is 15.0 Å². The van der Waals surface area contributed by atoms with Gasteiger partial charge >= 0.3 is 0 Å². The summed E-state index contributed by atoms with van der Waals surface area (Å²) in [5.41, 5.74) is 3.87. The van der Waals surface area contributed by atoms with Gasteiger partial charge in [0.15, 0.2) is 6.61 Å². The molecule has 5 nitrogen and oxygen atoms in total. The zero-order valence-corrected chi connectivity index (χ0v) is 16.2. The van der Waals surface area contributed by atoms with Crippen LogP contribution in [0.5, 0.6) is 5.75 Å². The predicted molar refractivity (Wildman–Crippen MR) is 115 cm³/mol. The van der Waals surface area contributed by atoms with Crippen molar-refractivity contribution in [2.75, 3.05) is 43.1 Å². The Kier molecular flexibility index (Phi) is 6.07. The molecule has 0 bridgehead atoms. The molecular formula is C24H24N2O3. The van der Waals surface area contributed by atoms with Crippen LogP contribution in [0.25, 0.3) is 11.1 Å². The van der Waals surface area contributed by atoms with E-state index in [9.17, 15) is 4.79 Å². The van der Waals surface area contributed by atoms with Crippen LogP contribution in [0.4, 0.5) is 11.4 Å². The summed E-state index contributed by atoms with van der Waals surface area (Å²) in [7, 11) is 0. The molecular weight excluding hydrogens is 364 g/mol. The molecule has 0 aromatic heterocycles. The zero-order chi connectivity index (χ0) is 19.9. The number of ether oxygens (including phenoxy) is 2. The van der Waals surface area contributed by atoms with E-state index in [2.05, 4.69) is 10.2 Å². The Morgan fingerprint density at radius 2 is 1.69 bits per heavy atom. The quantitative estimate of drug-likeness (QED) is 0.687. The van der Waals surface area contributed by atoms with Gasteiger partial charge < -0.3 is 19.7 Å². The molecule has 4 rings (SSSR count). The van der Waals surface area contributed by atoms with Gasteiger partial charge in [-0.05, 0) is 29.8 Å². The highest BCUT2D eigenvalue weighted by molar-refractivity contribution is 5.92. The van der Waals surface area contributed by atoms with E-state index in [4.69, 9.17) is 9.47 Å². The molecule has 0 unspecified atom stereocenters. The van der Waals surface area contributed by atoms with Gasteiger partial charge in [0.1, 0.15) is 5.75 Å². The summed E-state index contributed by atoms with van der Waals surface area (Å²) >= 11 is 0. The highest BCUT2D eigenvalue weighted by atomic mass is 16.5. The number of hydrogen-bond acceptors (Lipinski definition) is 4. The molecule has 29 heavy (non-hydrogen) atoms. The maximum Gasteiger partial charge on any atom is 0.262 e. The van der Waals surface area contributed by atoms with E-state index in [0.717, 1.165) is 48.8 Å². The number of hydrogen-bond donors (Lipinski definition) is 1. The second-order valence-electron chi connectivity index (χ2n) is 6.85. The van der Waals surface area contributed by atoms with E-state index in [-0.39, 0.29) is 12.5 Å². The first-order valence-corrected chi connectivity index (χ1v) is 9.79. The van der Waals surface area contributed by atoms with Crippen LogP contribution >= 0.6 is 0 Å². The molecule has 1 saturated heterocycles. The van der Waals surface area contributed by atoms with Crippen LogP contribution in [0.15, 0.2) is 78.9 Å². The van der Waals surface area contributed by atoms with Gasteiger partial charge in [0.25, 0.3) is 5.91 Å². The Morgan fingerprint density at radius 3 is 2.52 bits per heavy atom. The Bertz CT molecular complexity index is 953. The monoisotopic (exact) mass is 388 g/mol. The topological polar surface area (TPSA) is 50.8 Å². The molecule has 1 heterocycles. The fourth-order valence-electron chi connectivity index (χ4n) is 3.39. The number of carbonyl (C=O) groups is 1. The maximum absolute atomic E-state index is 12.5. The molecule has 1 amide bonds. The summed E-state index contributed by atoms with van der Waals surface area (Å²) in [4.78, 5) is 14.7. The first-order chi connectivity index (χ1) is 14.3. The molecule has 3 aromatic carbocycles. The summed E-state index contributed by atoms with van der Waals surface area (Å²) in [6, 6.07) is 25.6. The molecule has 0 atom stereocenters. The van der Waals surface area contributed by atoms with Crippen molar-refractivity contribution in [2.45, 2.75) is 0 Å². The Balaban J connectivity index is 1.39. The number of rotatable bonds is 6. The fraction of sp³-hybridized carbons (Fsp3) is 0.208. The average Bonchev–Trinajstić information content (AvgIpc) is 2.79. The van der Waals surface area contributed by atoms with Gasteiger partial charge in [-0.3, -0.25) is 4.79 Å². The van der Waals surface area contributed by atoms with E-state index in [1.54, 1.807) is 0 Å². The van der Waals surface area contributed by atoms with Crippen LogP contribution in [-0.2, 0) is 9.53 Å². The Morgan fingerprint density at radius 1 is 0.931 bits per heavy atom. The Labute approximate surface area is 170 Å². The standard InChI is InChI=1S/C24H24N2O3/c27-24(25-20-9-6-10-21(17-20)26-13-15-28-16-14-26)18-29-23-12-5-4-11-22(23)19-7-2-1-3-8-19/h1-12,17H,13-16,18H2,(H,25,27). The van der Waals surface area contributed by atoms with E-state index in [1.807, 2.05) is 78.9 Å². The van der Waals surface area contributed by atoms with E-state index in [0.29, 0.717) is 5.75 Å². The van der Waals surface area contributed by atoms with Crippen LogP contribution in [0, 0.1) is 0 Å². The minimum absolute atomic E-state index is 0.0500. The molecule has 0 radical (unpaired) electrons. The van der Waals surface area contributed by atoms with Crippen LogP contribution in [0.3, 0.4) is 0 Å². The number of benzene rings is 3. The largest absolute Gasteiger partial charge is 0.483 e. The third-order valence-electron chi connectivity index (χ3n) is 4.84. The number of para-hydroxylation sites is 1. The summed E-state index contributed by atoms with van der Waals surface area (Å²) in [5.74, 6) is 0.503. The second kappa shape index (κ2) is 9.26. The summed E-state index contributed by atoms with van der Waals surface area (Å²) in [6.45, 7) is 3.12. The van der Waals surface area contributed by atoms with E-state index in [1.165, 1.54) is 0 Å². The average molecular weight is 388 g/mol. The van der Waals surface area contributed by atoms with Crippen molar-refractivity contribution in [3.63, 3.8) is 0 Å². The van der Waals surface area contributed by atoms with Crippen molar-refractivity contribution < 1.29 is 14.3 Å². The third kappa shape index (κ3) is 4.95. The molecule has 3 aromatic rings. The number of nitrogens with zero attached hydrogens (tertiary/aromatic N) is 1. The number of nitrogens with one attached hydrogen (secondary N) is 1. The molecule has 0 saturated carbocycles. The summed E-state index contributed by atoms with van der Waals surface area (Å²) < 4.78 is 11.2. The van der Waals surface area contributed by atoms with Crippen LogP contribution in [-0.4, -0.2) is 38.8 Å². The third-order valence-corrected chi connectivity index (χ3v) is 4.84. The normalized spacial score (nSPS) is 13.7.